The van der Waals surface area contributed by atoms with Crippen molar-refractivity contribution in [2.75, 3.05) is 30.0 Å². The molecule has 1 spiro atoms. The number of carbonyl (C=O) groups excluding carboxylic acids is 1. The van der Waals surface area contributed by atoms with Crippen molar-refractivity contribution in [1.82, 2.24) is 0 Å². The zero-order chi connectivity index (χ0) is 13.3. The van der Waals surface area contributed by atoms with Gasteiger partial charge in [-0.1, -0.05) is 19.1 Å². The molecular formula is C15H20N2O2. The first-order chi connectivity index (χ1) is 9.27. The van der Waals surface area contributed by atoms with Crippen LogP contribution >= 0.6 is 0 Å². The maximum atomic E-state index is 12.9. The zero-order valence-electron chi connectivity index (χ0n) is 11.3. The molecule has 0 aliphatic carbocycles. The van der Waals surface area contributed by atoms with E-state index in [2.05, 4.69) is 18.3 Å². The van der Waals surface area contributed by atoms with Crippen molar-refractivity contribution in [1.29, 1.82) is 0 Å². The van der Waals surface area contributed by atoms with Crippen molar-refractivity contribution in [3.8, 4) is 0 Å². The molecule has 2 aliphatic rings. The number of rotatable bonds is 2. The van der Waals surface area contributed by atoms with Gasteiger partial charge in [0.1, 0.15) is 5.54 Å². The van der Waals surface area contributed by atoms with Crippen LogP contribution in [-0.4, -0.2) is 31.2 Å². The Labute approximate surface area is 113 Å². The lowest BCUT2D eigenvalue weighted by Gasteiger charge is -2.45. The van der Waals surface area contributed by atoms with E-state index in [1.165, 1.54) is 0 Å². The van der Waals surface area contributed by atoms with E-state index in [4.69, 9.17) is 4.74 Å². The van der Waals surface area contributed by atoms with Gasteiger partial charge in [-0.2, -0.15) is 0 Å². The Kier molecular flexibility index (Phi) is 3.19. The third-order valence-corrected chi connectivity index (χ3v) is 4.02. The van der Waals surface area contributed by atoms with Crippen LogP contribution in [0.5, 0.6) is 0 Å². The predicted molar refractivity (Wildman–Crippen MR) is 75.5 cm³/mol. The summed E-state index contributed by atoms with van der Waals surface area (Å²) in [6.45, 7) is 4.19. The average Bonchev–Trinajstić information content (AvgIpc) is 2.45. The largest absolute Gasteiger partial charge is 0.381 e. The predicted octanol–water partition coefficient (Wildman–Crippen LogP) is 2.40. The minimum atomic E-state index is -0.457. The summed E-state index contributed by atoms with van der Waals surface area (Å²) in [5.41, 5.74) is 1.62. The first-order valence-corrected chi connectivity index (χ1v) is 7.04. The van der Waals surface area contributed by atoms with Gasteiger partial charge in [-0.25, -0.2) is 0 Å². The van der Waals surface area contributed by atoms with E-state index in [0.29, 0.717) is 13.2 Å². The highest BCUT2D eigenvalue weighted by Gasteiger charge is 2.46. The van der Waals surface area contributed by atoms with Crippen LogP contribution < -0.4 is 10.2 Å². The number of benzene rings is 1. The smallest absolute Gasteiger partial charge is 0.252 e. The first kappa shape index (κ1) is 12.5. The van der Waals surface area contributed by atoms with Gasteiger partial charge in [0.15, 0.2) is 0 Å². The van der Waals surface area contributed by atoms with Crippen molar-refractivity contribution >= 4 is 17.3 Å². The number of carbonyl (C=O) groups is 1. The van der Waals surface area contributed by atoms with Gasteiger partial charge in [-0.15, -0.1) is 0 Å². The number of fused-ring (bicyclic) bond motifs is 1. The summed E-state index contributed by atoms with van der Waals surface area (Å²) in [5.74, 6) is 0.205. The van der Waals surface area contributed by atoms with Gasteiger partial charge in [0, 0.05) is 32.6 Å². The van der Waals surface area contributed by atoms with Gasteiger partial charge in [0.05, 0.1) is 11.4 Å². The van der Waals surface area contributed by atoms with E-state index < -0.39 is 5.54 Å². The van der Waals surface area contributed by atoms with Crippen molar-refractivity contribution in [2.24, 2.45) is 0 Å². The molecule has 2 aliphatic heterocycles. The molecule has 1 aromatic carbocycles. The van der Waals surface area contributed by atoms with Crippen LogP contribution in [0.25, 0.3) is 0 Å². The molecule has 2 heterocycles. The molecule has 0 saturated carbocycles. The summed E-state index contributed by atoms with van der Waals surface area (Å²) in [4.78, 5) is 14.8. The van der Waals surface area contributed by atoms with Crippen LogP contribution in [0.2, 0.25) is 0 Å². The summed E-state index contributed by atoms with van der Waals surface area (Å²) < 4.78 is 5.42. The quantitative estimate of drug-likeness (QED) is 0.887. The van der Waals surface area contributed by atoms with E-state index in [9.17, 15) is 4.79 Å². The Hall–Kier alpha value is -1.55. The number of ether oxygens (including phenoxy) is 1. The number of amides is 1. The number of para-hydroxylation sites is 2. The fraction of sp³-hybridized carbons (Fsp3) is 0.533. The number of nitrogens with zero attached hydrogens (tertiary/aromatic N) is 1. The Morgan fingerprint density at radius 2 is 2.05 bits per heavy atom. The molecule has 3 rings (SSSR count). The SMILES string of the molecule is CCCN1C(=O)C2(CCOCC2)Nc2ccccc21. The van der Waals surface area contributed by atoms with Crippen LogP contribution in [-0.2, 0) is 9.53 Å². The summed E-state index contributed by atoms with van der Waals surface area (Å²) in [7, 11) is 0. The summed E-state index contributed by atoms with van der Waals surface area (Å²) in [6.07, 6.45) is 2.47. The number of hydrogen-bond donors (Lipinski definition) is 1. The average molecular weight is 260 g/mol. The van der Waals surface area contributed by atoms with Crippen LogP contribution in [0.1, 0.15) is 26.2 Å². The van der Waals surface area contributed by atoms with Gasteiger partial charge < -0.3 is 15.0 Å². The van der Waals surface area contributed by atoms with Crippen LogP contribution in [0.4, 0.5) is 11.4 Å². The summed E-state index contributed by atoms with van der Waals surface area (Å²) in [5, 5.41) is 3.48. The Bertz CT molecular complexity index is 481. The number of anilines is 2. The van der Waals surface area contributed by atoms with Crippen molar-refractivity contribution in [2.45, 2.75) is 31.7 Å². The molecule has 0 unspecified atom stereocenters. The molecule has 19 heavy (non-hydrogen) atoms. The number of nitrogens with one attached hydrogen (secondary N) is 1. The molecule has 1 fully saturated rings. The molecule has 0 radical (unpaired) electrons. The minimum absolute atomic E-state index is 0.205. The highest BCUT2D eigenvalue weighted by molar-refractivity contribution is 6.07. The zero-order valence-corrected chi connectivity index (χ0v) is 11.3. The maximum absolute atomic E-state index is 12.9. The second-order valence-electron chi connectivity index (χ2n) is 5.29. The monoisotopic (exact) mass is 260 g/mol. The molecule has 1 aromatic rings. The van der Waals surface area contributed by atoms with Crippen LogP contribution in [0, 0.1) is 0 Å². The Balaban J connectivity index is 2.02. The first-order valence-electron chi connectivity index (χ1n) is 7.04. The van der Waals surface area contributed by atoms with Crippen LogP contribution in [0.15, 0.2) is 24.3 Å². The lowest BCUT2D eigenvalue weighted by molar-refractivity contribution is -0.126. The molecule has 4 heteroatoms. The molecular weight excluding hydrogens is 240 g/mol. The third-order valence-electron chi connectivity index (χ3n) is 4.02. The molecule has 1 saturated heterocycles. The molecule has 0 aromatic heterocycles. The van der Waals surface area contributed by atoms with Gasteiger partial charge in [-0.05, 0) is 18.6 Å². The van der Waals surface area contributed by atoms with Gasteiger partial charge >= 0.3 is 0 Å². The third kappa shape index (κ3) is 2.00. The van der Waals surface area contributed by atoms with Gasteiger partial charge in [-0.3, -0.25) is 4.79 Å². The molecule has 1 amide bonds. The molecule has 1 N–H and O–H groups in total. The summed E-state index contributed by atoms with van der Waals surface area (Å²) >= 11 is 0. The fourth-order valence-electron chi connectivity index (χ4n) is 3.00. The standard InChI is InChI=1S/C15H20N2O2/c1-2-9-17-13-6-4-3-5-12(13)16-15(14(17)18)7-10-19-11-8-15/h3-6,16H,2,7-11H2,1H3. The molecule has 102 valence electrons. The van der Waals surface area contributed by atoms with E-state index in [-0.39, 0.29) is 5.91 Å². The highest BCUT2D eigenvalue weighted by Crippen LogP contribution is 2.39. The minimum Gasteiger partial charge on any atom is -0.381 e. The fourth-order valence-corrected chi connectivity index (χ4v) is 3.00. The highest BCUT2D eigenvalue weighted by atomic mass is 16.5. The van der Waals surface area contributed by atoms with Gasteiger partial charge in [0.25, 0.3) is 5.91 Å². The summed E-state index contributed by atoms with van der Waals surface area (Å²) in [6, 6.07) is 8.07. The Morgan fingerprint density at radius 1 is 1.32 bits per heavy atom. The Morgan fingerprint density at radius 3 is 2.79 bits per heavy atom. The second kappa shape index (κ2) is 4.85. The van der Waals surface area contributed by atoms with E-state index >= 15 is 0 Å². The van der Waals surface area contributed by atoms with Gasteiger partial charge in [0.2, 0.25) is 0 Å². The van der Waals surface area contributed by atoms with E-state index in [1.54, 1.807) is 0 Å². The van der Waals surface area contributed by atoms with Crippen molar-refractivity contribution in [3.05, 3.63) is 24.3 Å². The molecule has 4 nitrogen and oxygen atoms in total. The van der Waals surface area contributed by atoms with Crippen molar-refractivity contribution in [3.63, 3.8) is 0 Å². The molecule has 0 bridgehead atoms. The second-order valence-corrected chi connectivity index (χ2v) is 5.29. The maximum Gasteiger partial charge on any atom is 0.252 e. The van der Waals surface area contributed by atoms with E-state index in [1.807, 2.05) is 23.1 Å². The number of hydrogen-bond acceptors (Lipinski definition) is 3. The normalized spacial score (nSPS) is 21.1. The van der Waals surface area contributed by atoms with E-state index in [0.717, 1.165) is 37.2 Å². The van der Waals surface area contributed by atoms with Crippen LogP contribution in [0.3, 0.4) is 0 Å². The van der Waals surface area contributed by atoms with Crippen molar-refractivity contribution < 1.29 is 9.53 Å². The molecule has 0 atom stereocenters. The topological polar surface area (TPSA) is 41.6 Å². The lowest BCUT2D eigenvalue weighted by atomic mass is 9.85. The lowest BCUT2D eigenvalue weighted by Crippen LogP contribution is -2.60.